The minimum Gasteiger partial charge on any atom is -0.507 e. The lowest BCUT2D eigenvalue weighted by molar-refractivity contribution is 0.477. The first kappa shape index (κ1) is 11.1. The Morgan fingerprint density at radius 1 is 0.944 bits per heavy atom. The predicted molar refractivity (Wildman–Crippen MR) is 73.9 cm³/mol. The molecule has 0 aliphatic rings. The van der Waals surface area contributed by atoms with Gasteiger partial charge in [-0.05, 0) is 36.4 Å². The zero-order valence-electron chi connectivity index (χ0n) is 9.47. The summed E-state index contributed by atoms with van der Waals surface area (Å²) in [5, 5.41) is 11.5. The molecule has 0 amide bonds. The van der Waals surface area contributed by atoms with Crippen LogP contribution in [0.1, 0.15) is 0 Å². The largest absolute Gasteiger partial charge is 0.507 e. The van der Waals surface area contributed by atoms with Gasteiger partial charge >= 0.3 is 0 Å². The van der Waals surface area contributed by atoms with E-state index in [1.54, 1.807) is 12.1 Å². The molecule has 0 saturated heterocycles. The van der Waals surface area contributed by atoms with Gasteiger partial charge in [-0.25, -0.2) is 4.98 Å². The lowest BCUT2D eigenvalue weighted by atomic mass is 10.1. The van der Waals surface area contributed by atoms with Crippen molar-refractivity contribution in [3.8, 4) is 17.0 Å². The van der Waals surface area contributed by atoms with Crippen LogP contribution >= 0.6 is 11.6 Å². The summed E-state index contributed by atoms with van der Waals surface area (Å²) in [5.41, 5.74) is 2.34. The Morgan fingerprint density at radius 2 is 1.78 bits per heavy atom. The molecule has 3 rings (SSSR count). The van der Waals surface area contributed by atoms with Gasteiger partial charge in [0.2, 0.25) is 0 Å². The molecule has 0 atom stereocenters. The standard InChI is InChI=1S/C15H10ClNO/c16-11-6-8-13-10(9-11)5-7-14(17-13)12-3-1-2-4-15(12)18/h1-9,18H. The van der Waals surface area contributed by atoms with Crippen molar-refractivity contribution in [1.29, 1.82) is 0 Å². The third kappa shape index (κ3) is 1.91. The fraction of sp³-hybridized carbons (Fsp3) is 0. The van der Waals surface area contributed by atoms with Gasteiger partial charge in [-0.15, -0.1) is 0 Å². The van der Waals surface area contributed by atoms with E-state index in [4.69, 9.17) is 11.6 Å². The van der Waals surface area contributed by atoms with E-state index >= 15 is 0 Å². The van der Waals surface area contributed by atoms with Crippen LogP contribution in [0, 0.1) is 0 Å². The fourth-order valence-corrected chi connectivity index (χ4v) is 2.12. The van der Waals surface area contributed by atoms with Crippen LogP contribution in [0.3, 0.4) is 0 Å². The number of nitrogens with zero attached hydrogens (tertiary/aromatic N) is 1. The Hall–Kier alpha value is -2.06. The number of pyridine rings is 1. The second-order valence-corrected chi connectivity index (χ2v) is 4.49. The van der Waals surface area contributed by atoms with Crippen molar-refractivity contribution in [2.45, 2.75) is 0 Å². The van der Waals surface area contributed by atoms with Crippen molar-refractivity contribution in [1.82, 2.24) is 4.98 Å². The number of rotatable bonds is 1. The van der Waals surface area contributed by atoms with Crippen LogP contribution in [0.15, 0.2) is 54.6 Å². The molecule has 1 heterocycles. The van der Waals surface area contributed by atoms with E-state index in [1.807, 2.05) is 42.5 Å². The highest BCUT2D eigenvalue weighted by Crippen LogP contribution is 2.29. The average molecular weight is 256 g/mol. The first-order chi connectivity index (χ1) is 8.74. The van der Waals surface area contributed by atoms with Gasteiger partial charge in [0.1, 0.15) is 5.75 Å². The lowest BCUT2D eigenvalue weighted by Gasteiger charge is -2.05. The van der Waals surface area contributed by atoms with Crippen LogP contribution in [-0.4, -0.2) is 10.1 Å². The Labute approximate surface area is 109 Å². The van der Waals surface area contributed by atoms with Crippen molar-refractivity contribution < 1.29 is 5.11 Å². The monoisotopic (exact) mass is 255 g/mol. The molecular weight excluding hydrogens is 246 g/mol. The summed E-state index contributed by atoms with van der Waals surface area (Å²) in [6, 6.07) is 16.6. The molecule has 3 aromatic rings. The van der Waals surface area contributed by atoms with Crippen LogP contribution in [-0.2, 0) is 0 Å². The molecule has 0 saturated carbocycles. The molecule has 2 aromatic carbocycles. The highest BCUT2D eigenvalue weighted by Gasteiger charge is 2.05. The van der Waals surface area contributed by atoms with Gasteiger partial charge in [0, 0.05) is 16.0 Å². The molecule has 2 nitrogen and oxygen atoms in total. The second kappa shape index (κ2) is 4.31. The second-order valence-electron chi connectivity index (χ2n) is 4.05. The van der Waals surface area contributed by atoms with E-state index in [9.17, 15) is 5.11 Å². The zero-order chi connectivity index (χ0) is 12.5. The SMILES string of the molecule is Oc1ccccc1-c1ccc2cc(Cl)ccc2n1. The van der Waals surface area contributed by atoms with Gasteiger partial charge in [-0.3, -0.25) is 0 Å². The topological polar surface area (TPSA) is 33.1 Å². The van der Waals surface area contributed by atoms with Gasteiger partial charge in [0.05, 0.1) is 11.2 Å². The fourth-order valence-electron chi connectivity index (χ4n) is 1.94. The quantitative estimate of drug-likeness (QED) is 0.705. The van der Waals surface area contributed by atoms with E-state index in [0.717, 1.165) is 22.2 Å². The minimum absolute atomic E-state index is 0.235. The molecule has 0 spiro atoms. The average Bonchev–Trinajstić information content (AvgIpc) is 2.39. The van der Waals surface area contributed by atoms with Gasteiger partial charge in [0.25, 0.3) is 0 Å². The Bertz CT molecular complexity index is 725. The number of aromatic nitrogens is 1. The van der Waals surface area contributed by atoms with Crippen LogP contribution in [0.2, 0.25) is 5.02 Å². The molecule has 1 aromatic heterocycles. The summed E-state index contributed by atoms with van der Waals surface area (Å²) in [6.07, 6.45) is 0. The predicted octanol–water partition coefficient (Wildman–Crippen LogP) is 4.26. The summed E-state index contributed by atoms with van der Waals surface area (Å²) in [5.74, 6) is 0.235. The van der Waals surface area contributed by atoms with E-state index in [1.165, 1.54) is 0 Å². The first-order valence-electron chi connectivity index (χ1n) is 5.59. The molecule has 3 heteroatoms. The zero-order valence-corrected chi connectivity index (χ0v) is 10.2. The number of aromatic hydroxyl groups is 1. The molecule has 0 unspecified atom stereocenters. The van der Waals surface area contributed by atoms with Crippen LogP contribution in [0.5, 0.6) is 5.75 Å². The van der Waals surface area contributed by atoms with Crippen molar-refractivity contribution in [3.05, 3.63) is 59.6 Å². The number of fused-ring (bicyclic) bond motifs is 1. The molecule has 0 aliphatic carbocycles. The summed E-state index contributed by atoms with van der Waals surface area (Å²) in [7, 11) is 0. The molecule has 1 N–H and O–H groups in total. The van der Waals surface area contributed by atoms with Crippen LogP contribution < -0.4 is 0 Å². The van der Waals surface area contributed by atoms with Crippen molar-refractivity contribution in [3.63, 3.8) is 0 Å². The Kier molecular flexibility index (Phi) is 2.65. The van der Waals surface area contributed by atoms with E-state index < -0.39 is 0 Å². The van der Waals surface area contributed by atoms with Crippen molar-refractivity contribution in [2.24, 2.45) is 0 Å². The molecular formula is C15H10ClNO. The lowest BCUT2D eigenvalue weighted by Crippen LogP contribution is -1.85. The highest BCUT2D eigenvalue weighted by atomic mass is 35.5. The molecule has 88 valence electrons. The normalized spacial score (nSPS) is 10.7. The van der Waals surface area contributed by atoms with Crippen LogP contribution in [0.4, 0.5) is 0 Å². The number of para-hydroxylation sites is 1. The van der Waals surface area contributed by atoms with E-state index in [0.29, 0.717) is 5.02 Å². The van der Waals surface area contributed by atoms with E-state index in [2.05, 4.69) is 4.98 Å². The van der Waals surface area contributed by atoms with E-state index in [-0.39, 0.29) is 5.75 Å². The maximum Gasteiger partial charge on any atom is 0.124 e. The summed E-state index contributed by atoms with van der Waals surface area (Å²) in [6.45, 7) is 0. The van der Waals surface area contributed by atoms with Crippen molar-refractivity contribution in [2.75, 3.05) is 0 Å². The third-order valence-electron chi connectivity index (χ3n) is 2.83. The van der Waals surface area contributed by atoms with Gasteiger partial charge in [0.15, 0.2) is 0 Å². The summed E-state index contributed by atoms with van der Waals surface area (Å²) in [4.78, 5) is 4.53. The molecule has 0 aliphatic heterocycles. The first-order valence-corrected chi connectivity index (χ1v) is 5.96. The maximum atomic E-state index is 9.82. The summed E-state index contributed by atoms with van der Waals surface area (Å²) >= 11 is 5.93. The Balaban J connectivity index is 2.20. The number of hydrogen-bond acceptors (Lipinski definition) is 2. The number of phenols is 1. The number of halogens is 1. The van der Waals surface area contributed by atoms with Crippen molar-refractivity contribution >= 4 is 22.5 Å². The number of hydrogen-bond donors (Lipinski definition) is 1. The molecule has 0 radical (unpaired) electrons. The smallest absolute Gasteiger partial charge is 0.124 e. The highest BCUT2D eigenvalue weighted by molar-refractivity contribution is 6.31. The maximum absolute atomic E-state index is 9.82. The molecule has 18 heavy (non-hydrogen) atoms. The molecule has 0 fully saturated rings. The van der Waals surface area contributed by atoms with Gasteiger partial charge < -0.3 is 5.11 Å². The molecule has 0 bridgehead atoms. The van der Waals surface area contributed by atoms with Gasteiger partial charge in [-0.2, -0.15) is 0 Å². The Morgan fingerprint density at radius 3 is 2.61 bits per heavy atom. The minimum atomic E-state index is 0.235. The number of benzene rings is 2. The van der Waals surface area contributed by atoms with Crippen LogP contribution in [0.25, 0.3) is 22.2 Å². The number of phenolic OH excluding ortho intramolecular Hbond substituents is 1. The van der Waals surface area contributed by atoms with Gasteiger partial charge in [-0.1, -0.05) is 29.8 Å². The third-order valence-corrected chi connectivity index (χ3v) is 3.07. The summed E-state index contributed by atoms with van der Waals surface area (Å²) < 4.78 is 0.